The van der Waals surface area contributed by atoms with Gasteiger partial charge in [0, 0.05) is 11.6 Å². The molecule has 0 saturated carbocycles. The maximum Gasteiger partial charge on any atom is 0.339 e. The first-order valence-corrected chi connectivity index (χ1v) is 8.15. The lowest BCUT2D eigenvalue weighted by Gasteiger charge is -2.16. The summed E-state index contributed by atoms with van der Waals surface area (Å²) in [5.74, 6) is -0.541. The number of benzene rings is 2. The molecule has 3 aromatic rings. The van der Waals surface area contributed by atoms with Gasteiger partial charge >= 0.3 is 5.97 Å². The van der Waals surface area contributed by atoms with E-state index in [1.165, 1.54) is 7.11 Å². The van der Waals surface area contributed by atoms with Crippen LogP contribution in [0, 0.1) is 0 Å². The number of anilines is 3. The van der Waals surface area contributed by atoms with Gasteiger partial charge in [-0.05, 0) is 29.8 Å². The molecule has 2 N–H and O–H groups in total. The Morgan fingerprint density at radius 2 is 1.77 bits per heavy atom. The highest BCUT2D eigenvalue weighted by atomic mass is 35.5. The van der Waals surface area contributed by atoms with Crippen molar-refractivity contribution in [2.45, 2.75) is 6.54 Å². The first kappa shape index (κ1) is 17.7. The van der Waals surface area contributed by atoms with E-state index in [0.29, 0.717) is 17.3 Å². The lowest BCUT2D eigenvalue weighted by molar-refractivity contribution is 0.0602. The molecule has 132 valence electrons. The summed E-state index contributed by atoms with van der Waals surface area (Å²) < 4.78 is 4.73. The minimum Gasteiger partial charge on any atom is -0.465 e. The van der Waals surface area contributed by atoms with E-state index >= 15 is 0 Å². The zero-order valence-electron chi connectivity index (χ0n) is 13.8. The fourth-order valence-electron chi connectivity index (χ4n) is 2.53. The molecule has 0 saturated heterocycles. The molecular weight excluding hydrogens is 356 g/mol. The molecule has 6 nitrogen and oxygen atoms in total. The minimum atomic E-state index is -0.640. The van der Waals surface area contributed by atoms with Gasteiger partial charge in [0.05, 0.1) is 18.4 Å². The van der Waals surface area contributed by atoms with E-state index in [0.717, 1.165) is 5.56 Å². The van der Waals surface area contributed by atoms with E-state index in [9.17, 15) is 14.4 Å². The molecular formula is C19H15ClN2O4. The topological polar surface area (TPSA) is 84.5 Å². The Kier molecular flexibility index (Phi) is 5.04. The predicted octanol–water partition coefficient (Wildman–Crippen LogP) is 3.08. The summed E-state index contributed by atoms with van der Waals surface area (Å²) in [5.41, 5.74) is 0.568. The van der Waals surface area contributed by atoms with Crippen LogP contribution in [0.1, 0.15) is 15.9 Å². The molecule has 0 atom stereocenters. The number of halogens is 1. The molecule has 0 bridgehead atoms. The van der Waals surface area contributed by atoms with Crippen LogP contribution in [-0.2, 0) is 11.3 Å². The van der Waals surface area contributed by atoms with Crippen LogP contribution in [0.2, 0.25) is 5.02 Å². The second kappa shape index (κ2) is 7.41. The molecule has 0 fully saturated rings. The van der Waals surface area contributed by atoms with Crippen molar-refractivity contribution in [3.8, 4) is 0 Å². The van der Waals surface area contributed by atoms with Gasteiger partial charge in [0.25, 0.3) is 10.9 Å². The highest BCUT2D eigenvalue weighted by molar-refractivity contribution is 6.30. The number of methoxy groups -OCH3 is 1. The molecule has 26 heavy (non-hydrogen) atoms. The van der Waals surface area contributed by atoms with Crippen LogP contribution in [0.25, 0.3) is 0 Å². The quantitative estimate of drug-likeness (QED) is 0.512. The van der Waals surface area contributed by atoms with Gasteiger partial charge in [-0.3, -0.25) is 9.59 Å². The van der Waals surface area contributed by atoms with Gasteiger partial charge in [-0.2, -0.15) is 0 Å². The van der Waals surface area contributed by atoms with Crippen molar-refractivity contribution >= 4 is 34.6 Å². The van der Waals surface area contributed by atoms with E-state index < -0.39 is 16.8 Å². The summed E-state index contributed by atoms with van der Waals surface area (Å²) in [6.45, 7) is 0.332. The first-order valence-electron chi connectivity index (χ1n) is 7.77. The minimum absolute atomic E-state index is 0.119. The summed E-state index contributed by atoms with van der Waals surface area (Å²) in [4.78, 5) is 35.7. The lowest BCUT2D eigenvalue weighted by atomic mass is 10.1. The largest absolute Gasteiger partial charge is 0.465 e. The highest BCUT2D eigenvalue weighted by Crippen LogP contribution is 2.24. The summed E-state index contributed by atoms with van der Waals surface area (Å²) in [6, 6.07) is 13.7. The number of para-hydroxylation sites is 1. The van der Waals surface area contributed by atoms with Gasteiger partial charge < -0.3 is 15.4 Å². The Labute approximate surface area is 154 Å². The molecule has 3 rings (SSSR count). The standard InChI is InChI=1S/C19H15ClN2O4/c1-26-19(25)13-7-2-3-8-14(13)22-16-15(17(23)18(16)24)21-10-11-5-4-6-12(20)9-11/h2-9,21-22H,10H2,1H3. The van der Waals surface area contributed by atoms with Crippen LogP contribution < -0.4 is 21.5 Å². The fourth-order valence-corrected chi connectivity index (χ4v) is 2.74. The number of carbonyl (C=O) groups is 1. The average Bonchev–Trinajstić information content (AvgIpc) is 2.66. The Balaban J connectivity index is 1.83. The third-order valence-electron chi connectivity index (χ3n) is 3.86. The second-order valence-electron chi connectivity index (χ2n) is 5.55. The summed E-state index contributed by atoms with van der Waals surface area (Å²) >= 11 is 5.94. The van der Waals surface area contributed by atoms with Crippen LogP contribution in [-0.4, -0.2) is 13.1 Å². The van der Waals surface area contributed by atoms with Crippen LogP contribution in [0.15, 0.2) is 58.1 Å². The smallest absolute Gasteiger partial charge is 0.339 e. The number of ether oxygens (including phenoxy) is 1. The predicted molar refractivity (Wildman–Crippen MR) is 101 cm³/mol. The second-order valence-corrected chi connectivity index (χ2v) is 5.99. The van der Waals surface area contributed by atoms with E-state index in [2.05, 4.69) is 10.6 Å². The Hall–Kier alpha value is -3.12. The van der Waals surface area contributed by atoms with E-state index in [4.69, 9.17) is 16.3 Å². The van der Waals surface area contributed by atoms with E-state index in [1.807, 2.05) is 6.07 Å². The molecule has 0 heterocycles. The zero-order valence-corrected chi connectivity index (χ0v) is 14.6. The van der Waals surface area contributed by atoms with Gasteiger partial charge in [-0.15, -0.1) is 0 Å². The molecule has 0 aliphatic rings. The highest BCUT2D eigenvalue weighted by Gasteiger charge is 2.22. The van der Waals surface area contributed by atoms with Crippen molar-refractivity contribution in [2.24, 2.45) is 0 Å². The number of carbonyl (C=O) groups excluding carboxylic acids is 1. The van der Waals surface area contributed by atoms with Crippen LogP contribution in [0.4, 0.5) is 17.1 Å². The van der Waals surface area contributed by atoms with Crippen molar-refractivity contribution in [3.05, 3.63) is 85.1 Å². The van der Waals surface area contributed by atoms with Crippen LogP contribution in [0.3, 0.4) is 0 Å². The summed E-state index contributed by atoms with van der Waals surface area (Å²) in [5, 5.41) is 6.39. The molecule has 7 heteroatoms. The van der Waals surface area contributed by atoms with E-state index in [1.54, 1.807) is 42.5 Å². The third kappa shape index (κ3) is 3.45. The molecule has 0 spiro atoms. The van der Waals surface area contributed by atoms with Crippen molar-refractivity contribution in [1.82, 2.24) is 0 Å². The Morgan fingerprint density at radius 1 is 1.04 bits per heavy atom. The number of rotatable bonds is 6. The maximum atomic E-state index is 11.9. The van der Waals surface area contributed by atoms with Crippen molar-refractivity contribution in [3.63, 3.8) is 0 Å². The molecule has 0 radical (unpaired) electrons. The summed E-state index contributed by atoms with van der Waals surface area (Å²) in [7, 11) is 1.27. The zero-order chi connectivity index (χ0) is 18.7. The van der Waals surface area contributed by atoms with Gasteiger partial charge in [0.1, 0.15) is 11.4 Å². The third-order valence-corrected chi connectivity index (χ3v) is 4.10. The molecule has 0 aromatic heterocycles. The monoisotopic (exact) mass is 370 g/mol. The Morgan fingerprint density at radius 3 is 2.50 bits per heavy atom. The maximum absolute atomic E-state index is 11.9. The van der Waals surface area contributed by atoms with Gasteiger partial charge in [-0.25, -0.2) is 4.79 Å². The van der Waals surface area contributed by atoms with Crippen LogP contribution in [0.5, 0.6) is 0 Å². The van der Waals surface area contributed by atoms with Gasteiger partial charge in [-0.1, -0.05) is 35.9 Å². The molecule has 3 aromatic carbocycles. The molecule has 0 unspecified atom stereocenters. The first-order chi connectivity index (χ1) is 12.5. The van der Waals surface area contributed by atoms with Gasteiger partial charge in [0.15, 0.2) is 0 Å². The van der Waals surface area contributed by atoms with Crippen LogP contribution >= 0.6 is 11.6 Å². The Bertz CT molecular complexity index is 1040. The van der Waals surface area contributed by atoms with Gasteiger partial charge in [0.2, 0.25) is 0 Å². The fraction of sp³-hybridized carbons (Fsp3) is 0.105. The summed E-state index contributed by atoms with van der Waals surface area (Å²) in [6.07, 6.45) is 0. The molecule has 0 aliphatic carbocycles. The van der Waals surface area contributed by atoms with Crippen molar-refractivity contribution in [2.75, 3.05) is 17.7 Å². The van der Waals surface area contributed by atoms with Crippen molar-refractivity contribution in [1.29, 1.82) is 0 Å². The number of nitrogens with one attached hydrogen (secondary N) is 2. The SMILES string of the molecule is COC(=O)c1ccccc1Nc1c(NCc2cccc(Cl)c2)c(=O)c1=O. The number of hydrogen-bond donors (Lipinski definition) is 2. The van der Waals surface area contributed by atoms with Crippen molar-refractivity contribution < 1.29 is 9.53 Å². The lowest BCUT2D eigenvalue weighted by Crippen LogP contribution is -2.36. The average molecular weight is 371 g/mol. The number of hydrogen-bond acceptors (Lipinski definition) is 6. The molecule has 0 aliphatic heterocycles. The normalized spacial score (nSPS) is 10.5. The number of esters is 1. The molecule has 0 amide bonds. The van der Waals surface area contributed by atoms with E-state index in [-0.39, 0.29) is 16.9 Å².